The number of aliphatic hydroxyl groups excluding tert-OH is 7. The number of rotatable bonds is 34. The van der Waals surface area contributed by atoms with E-state index < -0.39 is 92.7 Å². The molecule has 0 bridgehead atoms. The van der Waals surface area contributed by atoms with Crippen molar-refractivity contribution in [3.05, 3.63) is 24.3 Å². The topological polar surface area (TPSA) is 231 Å². The number of ether oxygens (including phenoxy) is 6. The Morgan fingerprint density at radius 1 is 0.533 bits per heavy atom. The highest BCUT2D eigenvalue weighted by Crippen LogP contribution is 2.26. The van der Waals surface area contributed by atoms with Crippen molar-refractivity contribution < 1.29 is 73.8 Å². The Kier molecular flexibility index (Phi) is 30.2. The highest BCUT2D eigenvalue weighted by molar-refractivity contribution is 5.70. The van der Waals surface area contributed by atoms with Gasteiger partial charge in [0.25, 0.3) is 0 Å². The first-order chi connectivity index (χ1) is 29.0. The van der Waals surface area contributed by atoms with Crippen LogP contribution >= 0.6 is 0 Å². The van der Waals surface area contributed by atoms with Gasteiger partial charge in [0.15, 0.2) is 18.7 Å². The molecule has 2 aliphatic heterocycles. The van der Waals surface area contributed by atoms with Gasteiger partial charge in [-0.2, -0.15) is 0 Å². The van der Waals surface area contributed by atoms with E-state index in [0.29, 0.717) is 12.8 Å². The van der Waals surface area contributed by atoms with Crippen molar-refractivity contribution in [1.82, 2.24) is 0 Å². The summed E-state index contributed by atoms with van der Waals surface area (Å²) in [6.45, 7) is 2.17. The van der Waals surface area contributed by atoms with Crippen molar-refractivity contribution in [3.63, 3.8) is 0 Å². The molecule has 7 N–H and O–H groups in total. The Bertz CT molecular complexity index is 1150. The number of unbranched alkanes of at least 4 members (excludes halogenated alkanes) is 16. The SMILES string of the molecule is CCCCCCC/C=C\C/C=C\CCCCCCCCCCCCCC(=O)OC(COC(=O)CCC)COC1OC(COC2OC(CO)C(O)C(O)C2O)C(O)C(O)C1O. The monoisotopic (exact) mass is 861 g/mol. The predicted molar refractivity (Wildman–Crippen MR) is 224 cm³/mol. The minimum atomic E-state index is -1.76. The third-order valence-corrected chi connectivity index (χ3v) is 10.9. The Balaban J connectivity index is 1.64. The first-order valence-electron chi connectivity index (χ1n) is 22.9. The van der Waals surface area contributed by atoms with Gasteiger partial charge in [-0.15, -0.1) is 0 Å². The molecular weight excluding hydrogens is 780 g/mol. The van der Waals surface area contributed by atoms with Crippen molar-refractivity contribution in [3.8, 4) is 0 Å². The zero-order valence-electron chi connectivity index (χ0n) is 36.4. The van der Waals surface area contributed by atoms with Crippen LogP contribution in [0, 0.1) is 0 Å². The molecule has 0 aromatic rings. The molecule has 0 amide bonds. The summed E-state index contributed by atoms with van der Waals surface area (Å²) in [6.07, 6.45) is 15.7. The molecule has 2 saturated heterocycles. The molecule has 15 heteroatoms. The normalized spacial score (nSPS) is 27.8. The smallest absolute Gasteiger partial charge is 0.306 e. The number of carbonyl (C=O) groups excluding carboxylic acids is 2. The Labute approximate surface area is 358 Å². The fraction of sp³-hybridized carbons (Fsp3) is 0.867. The fourth-order valence-electron chi connectivity index (χ4n) is 7.11. The van der Waals surface area contributed by atoms with E-state index in [0.717, 1.165) is 32.1 Å². The number of carbonyl (C=O) groups is 2. The lowest BCUT2D eigenvalue weighted by atomic mass is 9.98. The molecule has 0 aliphatic carbocycles. The maximum absolute atomic E-state index is 12.8. The van der Waals surface area contributed by atoms with Crippen LogP contribution < -0.4 is 0 Å². The van der Waals surface area contributed by atoms with Crippen molar-refractivity contribution in [1.29, 1.82) is 0 Å². The molecule has 2 aliphatic rings. The zero-order valence-corrected chi connectivity index (χ0v) is 36.4. The Morgan fingerprint density at radius 3 is 1.58 bits per heavy atom. The number of aliphatic hydroxyl groups is 7. The van der Waals surface area contributed by atoms with Gasteiger partial charge in [0.1, 0.15) is 55.4 Å². The third-order valence-electron chi connectivity index (χ3n) is 10.9. The van der Waals surface area contributed by atoms with Crippen LogP contribution in [0.2, 0.25) is 0 Å². The number of hydrogen-bond donors (Lipinski definition) is 7. The van der Waals surface area contributed by atoms with Crippen LogP contribution in [0.25, 0.3) is 0 Å². The first-order valence-corrected chi connectivity index (χ1v) is 22.9. The zero-order chi connectivity index (χ0) is 44.0. The second-order valence-electron chi connectivity index (χ2n) is 16.2. The molecule has 2 fully saturated rings. The van der Waals surface area contributed by atoms with Crippen molar-refractivity contribution >= 4 is 11.9 Å². The van der Waals surface area contributed by atoms with E-state index in [1.165, 1.54) is 83.5 Å². The number of allylic oxidation sites excluding steroid dienone is 4. The van der Waals surface area contributed by atoms with Crippen LogP contribution in [-0.2, 0) is 38.0 Å². The van der Waals surface area contributed by atoms with E-state index in [2.05, 4.69) is 31.2 Å². The molecule has 2 heterocycles. The van der Waals surface area contributed by atoms with Crippen LogP contribution in [0.15, 0.2) is 24.3 Å². The van der Waals surface area contributed by atoms with Crippen LogP contribution in [0.5, 0.6) is 0 Å². The summed E-state index contributed by atoms with van der Waals surface area (Å²) in [4.78, 5) is 24.9. The summed E-state index contributed by atoms with van der Waals surface area (Å²) in [6, 6.07) is 0. The summed E-state index contributed by atoms with van der Waals surface area (Å²) >= 11 is 0. The third kappa shape index (κ3) is 22.4. The lowest BCUT2D eigenvalue weighted by Crippen LogP contribution is -2.61. The maximum Gasteiger partial charge on any atom is 0.306 e. The maximum atomic E-state index is 12.8. The lowest BCUT2D eigenvalue weighted by Gasteiger charge is -2.42. The van der Waals surface area contributed by atoms with Gasteiger partial charge in [-0.3, -0.25) is 9.59 Å². The Morgan fingerprint density at radius 2 is 1.03 bits per heavy atom. The van der Waals surface area contributed by atoms with Crippen molar-refractivity contribution in [2.24, 2.45) is 0 Å². The van der Waals surface area contributed by atoms with Crippen molar-refractivity contribution in [2.45, 2.75) is 223 Å². The summed E-state index contributed by atoms with van der Waals surface area (Å²) in [5.41, 5.74) is 0. The van der Waals surface area contributed by atoms with Gasteiger partial charge in [0.2, 0.25) is 0 Å². The molecule has 0 aromatic carbocycles. The van der Waals surface area contributed by atoms with E-state index in [1.807, 2.05) is 6.92 Å². The number of hydrogen-bond acceptors (Lipinski definition) is 15. The van der Waals surface area contributed by atoms with E-state index in [1.54, 1.807) is 0 Å². The summed E-state index contributed by atoms with van der Waals surface area (Å²) in [5.74, 6) is -0.987. The molecule has 2 rings (SSSR count). The molecule has 60 heavy (non-hydrogen) atoms. The number of esters is 2. The summed E-state index contributed by atoms with van der Waals surface area (Å²) < 4.78 is 32.9. The molecule has 0 radical (unpaired) electrons. The first kappa shape index (κ1) is 54.1. The van der Waals surface area contributed by atoms with E-state index in [9.17, 15) is 45.3 Å². The highest BCUT2D eigenvalue weighted by Gasteiger charge is 2.47. The van der Waals surface area contributed by atoms with Gasteiger partial charge in [-0.1, -0.05) is 122 Å². The predicted octanol–water partition coefficient (Wildman–Crippen LogP) is 4.82. The highest BCUT2D eigenvalue weighted by atomic mass is 16.7. The van der Waals surface area contributed by atoms with Gasteiger partial charge >= 0.3 is 11.9 Å². The second kappa shape index (κ2) is 33.5. The standard InChI is InChI=1S/C45H80O15/c1-3-5-6-7-8-9-10-11-12-13-14-15-16-17-18-19-20-21-22-23-24-25-26-28-37(48)58-33(30-55-36(47)27-4-2)31-56-44-43(54)41(52)39(50)35(60-44)32-57-45-42(53)40(51)38(49)34(29-46)59-45/h10-11,13-14,33-35,38-46,49-54H,3-9,12,15-32H2,1-2H3/b11-10-,14-13-. The van der Waals surface area contributed by atoms with Crippen molar-refractivity contribution in [2.75, 3.05) is 26.4 Å². The van der Waals surface area contributed by atoms with E-state index in [-0.39, 0.29) is 26.1 Å². The van der Waals surface area contributed by atoms with E-state index in [4.69, 9.17) is 28.4 Å². The minimum Gasteiger partial charge on any atom is -0.462 e. The second-order valence-corrected chi connectivity index (χ2v) is 16.2. The average Bonchev–Trinajstić information content (AvgIpc) is 3.24. The van der Waals surface area contributed by atoms with Gasteiger partial charge < -0.3 is 64.2 Å². The molecule has 350 valence electrons. The Hall–Kier alpha value is -2.02. The van der Waals surface area contributed by atoms with Gasteiger partial charge in [-0.25, -0.2) is 0 Å². The van der Waals surface area contributed by atoms with E-state index >= 15 is 0 Å². The summed E-state index contributed by atoms with van der Waals surface area (Å²) in [5, 5.41) is 71.4. The van der Waals surface area contributed by atoms with Gasteiger partial charge in [0.05, 0.1) is 19.8 Å². The minimum absolute atomic E-state index is 0.162. The van der Waals surface area contributed by atoms with Crippen LogP contribution in [0.3, 0.4) is 0 Å². The molecule has 15 nitrogen and oxygen atoms in total. The van der Waals surface area contributed by atoms with Crippen LogP contribution in [0.4, 0.5) is 0 Å². The molecular formula is C45H80O15. The molecule has 11 unspecified atom stereocenters. The molecule has 0 spiro atoms. The summed E-state index contributed by atoms with van der Waals surface area (Å²) in [7, 11) is 0. The van der Waals surface area contributed by atoms with Gasteiger partial charge in [-0.05, 0) is 44.9 Å². The lowest BCUT2D eigenvalue weighted by molar-refractivity contribution is -0.332. The quantitative estimate of drug-likeness (QED) is 0.0261. The molecule has 0 aromatic heterocycles. The average molecular weight is 861 g/mol. The largest absolute Gasteiger partial charge is 0.462 e. The van der Waals surface area contributed by atoms with Gasteiger partial charge in [0, 0.05) is 12.8 Å². The molecule has 0 saturated carbocycles. The van der Waals surface area contributed by atoms with Crippen LogP contribution in [-0.4, -0.2) is 142 Å². The fourth-order valence-corrected chi connectivity index (χ4v) is 7.11. The van der Waals surface area contributed by atoms with Crippen LogP contribution in [0.1, 0.15) is 155 Å². The molecule has 11 atom stereocenters.